The second kappa shape index (κ2) is 6.71. The highest BCUT2D eigenvalue weighted by Gasteiger charge is 2.42. The van der Waals surface area contributed by atoms with E-state index in [2.05, 4.69) is 37.9 Å². The van der Waals surface area contributed by atoms with Crippen LogP contribution in [-0.4, -0.2) is 52.8 Å². The minimum atomic E-state index is 0.0814. The fraction of sp³-hybridized carbons (Fsp3) is 0.571. The summed E-state index contributed by atoms with van der Waals surface area (Å²) in [5.41, 5.74) is 5.76. The molecule has 2 aliphatic rings. The topological polar surface area (TPSA) is 65.6 Å². The van der Waals surface area contributed by atoms with Gasteiger partial charge in [0.15, 0.2) is 0 Å². The molecule has 1 aliphatic heterocycles. The second-order valence-corrected chi connectivity index (χ2v) is 7.94. The van der Waals surface area contributed by atoms with Crippen LogP contribution in [-0.2, 0) is 16.0 Å². The number of aliphatic hydroxyl groups excluding tert-OH is 1. The first-order valence-corrected chi connectivity index (χ1v) is 9.59. The highest BCUT2D eigenvalue weighted by molar-refractivity contribution is 5.94. The zero-order valence-corrected chi connectivity index (χ0v) is 15.8. The maximum absolute atomic E-state index is 13.2. The molecule has 2 heterocycles. The van der Waals surface area contributed by atoms with Gasteiger partial charge in [-0.2, -0.15) is 0 Å². The predicted molar refractivity (Wildman–Crippen MR) is 101 cm³/mol. The van der Waals surface area contributed by atoms with E-state index >= 15 is 0 Å². The van der Waals surface area contributed by atoms with Crippen LogP contribution in [0, 0.1) is 26.7 Å². The number of aromatic amines is 1. The second-order valence-electron chi connectivity index (χ2n) is 7.94. The third-order valence-electron chi connectivity index (χ3n) is 6.23. The van der Waals surface area contributed by atoms with Crippen molar-refractivity contribution in [1.29, 1.82) is 0 Å². The highest BCUT2D eigenvalue weighted by Crippen LogP contribution is 2.35. The smallest absolute Gasteiger partial charge is 0.227 e. The average molecular weight is 356 g/mol. The van der Waals surface area contributed by atoms with Gasteiger partial charge in [-0.05, 0) is 56.2 Å². The van der Waals surface area contributed by atoms with Gasteiger partial charge in [0.2, 0.25) is 5.91 Å². The summed E-state index contributed by atoms with van der Waals surface area (Å²) in [6, 6.07) is 4.37. The fourth-order valence-corrected chi connectivity index (χ4v) is 4.79. The summed E-state index contributed by atoms with van der Waals surface area (Å²) in [7, 11) is 0. The molecule has 2 fully saturated rings. The normalized spacial score (nSPS) is 25.7. The number of nitrogens with zero attached hydrogens (tertiary/aromatic N) is 1. The van der Waals surface area contributed by atoms with Crippen LogP contribution in [0.1, 0.15) is 35.2 Å². The van der Waals surface area contributed by atoms with Gasteiger partial charge in [-0.3, -0.25) is 4.79 Å². The number of benzene rings is 1. The van der Waals surface area contributed by atoms with Crippen molar-refractivity contribution in [2.45, 2.75) is 52.2 Å². The van der Waals surface area contributed by atoms with E-state index in [0.717, 1.165) is 29.6 Å². The molecule has 3 atom stereocenters. The lowest BCUT2D eigenvalue weighted by Crippen LogP contribution is -2.51. The van der Waals surface area contributed by atoms with Crippen LogP contribution in [0.3, 0.4) is 0 Å². The maximum atomic E-state index is 13.2. The number of rotatable bonds is 3. The molecule has 2 N–H and O–H groups in total. The zero-order valence-electron chi connectivity index (χ0n) is 15.8. The van der Waals surface area contributed by atoms with E-state index in [1.807, 2.05) is 4.90 Å². The first kappa shape index (κ1) is 17.6. The van der Waals surface area contributed by atoms with Gasteiger partial charge >= 0.3 is 0 Å². The van der Waals surface area contributed by atoms with E-state index in [1.54, 1.807) is 0 Å². The lowest BCUT2D eigenvalue weighted by atomic mass is 10.00. The number of fused-ring (bicyclic) bond motifs is 2. The van der Waals surface area contributed by atoms with Crippen molar-refractivity contribution in [1.82, 2.24) is 9.88 Å². The molecule has 1 saturated carbocycles. The Kier molecular flexibility index (Phi) is 4.53. The summed E-state index contributed by atoms with van der Waals surface area (Å²) >= 11 is 0. The molecule has 0 spiro atoms. The van der Waals surface area contributed by atoms with Gasteiger partial charge in [-0.1, -0.05) is 12.1 Å². The first-order valence-electron chi connectivity index (χ1n) is 9.59. The van der Waals surface area contributed by atoms with Crippen molar-refractivity contribution < 1.29 is 14.6 Å². The molecule has 26 heavy (non-hydrogen) atoms. The van der Waals surface area contributed by atoms with E-state index in [-0.39, 0.29) is 30.6 Å². The summed E-state index contributed by atoms with van der Waals surface area (Å²) in [5, 5.41) is 10.7. The van der Waals surface area contributed by atoms with Crippen molar-refractivity contribution >= 4 is 16.8 Å². The van der Waals surface area contributed by atoms with Crippen molar-refractivity contribution in [2.24, 2.45) is 5.92 Å². The summed E-state index contributed by atoms with van der Waals surface area (Å²) < 4.78 is 5.87. The molecule has 5 heteroatoms. The van der Waals surface area contributed by atoms with E-state index in [1.165, 1.54) is 16.5 Å². The lowest BCUT2D eigenvalue weighted by molar-refractivity contribution is -0.143. The highest BCUT2D eigenvalue weighted by atomic mass is 16.5. The summed E-state index contributed by atoms with van der Waals surface area (Å²) in [5.74, 6) is 0.421. The SMILES string of the molecule is Cc1[nH]c2c(C)ccc(C)c2c1CC(=O)N1CCO[C@H]2C[C@H](CO)C[C@@H]21. The number of ether oxygens (including phenoxy) is 1. The third-order valence-corrected chi connectivity index (χ3v) is 6.23. The molecule has 1 aromatic heterocycles. The van der Waals surface area contributed by atoms with E-state index in [4.69, 9.17) is 4.74 Å². The van der Waals surface area contributed by atoms with E-state index < -0.39 is 0 Å². The predicted octanol–water partition coefficient (Wildman–Crippen LogP) is 2.63. The Labute approximate surface area is 154 Å². The number of morpholine rings is 1. The molecule has 2 aromatic rings. The fourth-order valence-electron chi connectivity index (χ4n) is 4.79. The average Bonchev–Trinajstić information content (AvgIpc) is 3.20. The van der Waals surface area contributed by atoms with Crippen LogP contribution in [0.5, 0.6) is 0 Å². The number of hydrogen-bond acceptors (Lipinski definition) is 3. The lowest BCUT2D eigenvalue weighted by Gasteiger charge is -2.37. The monoisotopic (exact) mass is 356 g/mol. The van der Waals surface area contributed by atoms with Crippen LogP contribution in [0.25, 0.3) is 10.9 Å². The standard InChI is InChI=1S/C21H28N2O3/c1-12-4-5-13(2)21-20(12)16(14(3)22-21)10-19(25)23-6-7-26-18-9-15(11-24)8-17(18)23/h4-5,15,17-18,22,24H,6-11H2,1-3H3/t15-,17+,18+/m1/s1. The van der Waals surface area contributed by atoms with Gasteiger partial charge in [0.25, 0.3) is 0 Å². The molecule has 4 rings (SSSR count). The molecular weight excluding hydrogens is 328 g/mol. The summed E-state index contributed by atoms with van der Waals surface area (Å²) in [4.78, 5) is 18.7. The van der Waals surface area contributed by atoms with Crippen LogP contribution in [0.2, 0.25) is 0 Å². The Morgan fingerprint density at radius 3 is 2.81 bits per heavy atom. The minimum Gasteiger partial charge on any atom is -0.396 e. The van der Waals surface area contributed by atoms with Crippen molar-refractivity contribution in [2.75, 3.05) is 19.8 Å². The number of carbonyl (C=O) groups is 1. The van der Waals surface area contributed by atoms with Crippen LogP contribution in [0.4, 0.5) is 0 Å². The quantitative estimate of drug-likeness (QED) is 0.888. The van der Waals surface area contributed by atoms with Crippen molar-refractivity contribution in [3.63, 3.8) is 0 Å². The molecular formula is C21H28N2O3. The third kappa shape index (κ3) is 2.83. The number of aliphatic hydroxyl groups is 1. The summed E-state index contributed by atoms with van der Waals surface area (Å²) in [6.45, 7) is 7.69. The number of nitrogens with one attached hydrogen (secondary N) is 1. The molecule has 0 unspecified atom stereocenters. The van der Waals surface area contributed by atoms with Crippen LogP contribution >= 0.6 is 0 Å². The molecule has 1 amide bonds. The van der Waals surface area contributed by atoms with E-state index in [9.17, 15) is 9.90 Å². The molecule has 1 aliphatic carbocycles. The molecule has 5 nitrogen and oxygen atoms in total. The number of H-pyrrole nitrogens is 1. The van der Waals surface area contributed by atoms with Crippen molar-refractivity contribution in [3.8, 4) is 0 Å². The Balaban J connectivity index is 1.62. The number of amides is 1. The maximum Gasteiger partial charge on any atom is 0.227 e. The van der Waals surface area contributed by atoms with E-state index in [0.29, 0.717) is 19.6 Å². The van der Waals surface area contributed by atoms with Gasteiger partial charge in [-0.25, -0.2) is 0 Å². The summed E-state index contributed by atoms with van der Waals surface area (Å²) in [6.07, 6.45) is 2.20. The molecule has 0 bridgehead atoms. The Bertz CT molecular complexity index is 841. The van der Waals surface area contributed by atoms with Gasteiger partial charge in [-0.15, -0.1) is 0 Å². The minimum absolute atomic E-state index is 0.0814. The van der Waals surface area contributed by atoms with Crippen LogP contribution in [0.15, 0.2) is 12.1 Å². The number of aryl methyl sites for hydroxylation is 3. The Morgan fingerprint density at radius 2 is 2.04 bits per heavy atom. The van der Waals surface area contributed by atoms with Crippen LogP contribution < -0.4 is 0 Å². The van der Waals surface area contributed by atoms with Gasteiger partial charge in [0.05, 0.1) is 25.2 Å². The first-order chi connectivity index (χ1) is 12.5. The number of hydrogen-bond donors (Lipinski definition) is 2. The molecule has 1 saturated heterocycles. The molecule has 1 aromatic carbocycles. The Morgan fingerprint density at radius 1 is 1.27 bits per heavy atom. The molecule has 140 valence electrons. The van der Waals surface area contributed by atoms with Crippen molar-refractivity contribution in [3.05, 3.63) is 34.5 Å². The largest absolute Gasteiger partial charge is 0.396 e. The number of carbonyl (C=O) groups excluding carboxylic acids is 1. The Hall–Kier alpha value is -1.85. The number of aromatic nitrogens is 1. The van der Waals surface area contributed by atoms with Gasteiger partial charge < -0.3 is 19.7 Å². The van der Waals surface area contributed by atoms with Gasteiger partial charge in [0, 0.05) is 29.7 Å². The van der Waals surface area contributed by atoms with Gasteiger partial charge in [0.1, 0.15) is 0 Å². The zero-order chi connectivity index (χ0) is 18.4. The molecule has 0 radical (unpaired) electrons.